The molecule has 4 nitrogen and oxygen atoms in total. The van der Waals surface area contributed by atoms with Crippen LogP contribution in [0.15, 0.2) is 18.2 Å². The molecule has 0 radical (unpaired) electrons. The van der Waals surface area contributed by atoms with Gasteiger partial charge in [0, 0.05) is 18.0 Å². The first kappa shape index (κ1) is 11.0. The van der Waals surface area contributed by atoms with Crippen molar-refractivity contribution in [3.05, 3.63) is 29.3 Å². The molecule has 2 amide bonds. The van der Waals surface area contributed by atoms with Crippen molar-refractivity contribution in [1.29, 1.82) is 0 Å². The Balaban J connectivity index is 2.33. The number of hydrogen-bond donors (Lipinski definition) is 1. The van der Waals surface area contributed by atoms with E-state index in [0.29, 0.717) is 23.4 Å². The Hall–Kier alpha value is -1.49. The van der Waals surface area contributed by atoms with Crippen LogP contribution in [0.25, 0.3) is 0 Å². The lowest BCUT2D eigenvalue weighted by Crippen LogP contribution is -2.31. The fraction of sp³-hybridized carbons (Fsp3) is 0.273. The molecule has 5 heteroatoms. The van der Waals surface area contributed by atoms with Crippen LogP contribution in [0.4, 0.5) is 5.69 Å². The molecule has 84 valence electrons. The van der Waals surface area contributed by atoms with Crippen molar-refractivity contribution in [3.8, 4) is 0 Å². The molecule has 0 aromatic heterocycles. The number of rotatable bonds is 3. The fourth-order valence-corrected chi connectivity index (χ4v) is 2.06. The molecule has 1 aliphatic heterocycles. The third kappa shape index (κ3) is 1.67. The van der Waals surface area contributed by atoms with E-state index in [4.69, 9.17) is 5.73 Å². The van der Waals surface area contributed by atoms with E-state index in [1.807, 2.05) is 6.26 Å². The predicted molar refractivity (Wildman–Crippen MR) is 64.6 cm³/mol. The van der Waals surface area contributed by atoms with Gasteiger partial charge in [-0.15, -0.1) is 0 Å². The van der Waals surface area contributed by atoms with Crippen molar-refractivity contribution in [2.24, 2.45) is 0 Å². The van der Waals surface area contributed by atoms with Gasteiger partial charge in [-0.25, -0.2) is 0 Å². The summed E-state index contributed by atoms with van der Waals surface area (Å²) in [5.74, 6) is 0.302. The van der Waals surface area contributed by atoms with E-state index in [2.05, 4.69) is 0 Å². The van der Waals surface area contributed by atoms with Crippen LogP contribution in [0.1, 0.15) is 20.7 Å². The van der Waals surface area contributed by atoms with Crippen molar-refractivity contribution < 1.29 is 9.59 Å². The lowest BCUT2D eigenvalue weighted by molar-refractivity contribution is 0.0664. The maximum atomic E-state index is 11.9. The Bertz CT molecular complexity index is 459. The minimum absolute atomic E-state index is 0.214. The van der Waals surface area contributed by atoms with Gasteiger partial charge in [-0.1, -0.05) is 0 Å². The Morgan fingerprint density at radius 1 is 1.25 bits per heavy atom. The zero-order valence-corrected chi connectivity index (χ0v) is 9.71. The molecule has 1 aromatic rings. The number of nitrogens with zero attached hydrogens (tertiary/aromatic N) is 1. The number of fused-ring (bicyclic) bond motifs is 1. The molecule has 0 atom stereocenters. The number of benzene rings is 1. The quantitative estimate of drug-likeness (QED) is 0.633. The molecular weight excluding hydrogens is 224 g/mol. The van der Waals surface area contributed by atoms with Crippen LogP contribution in [0.2, 0.25) is 0 Å². The van der Waals surface area contributed by atoms with Gasteiger partial charge in [-0.3, -0.25) is 14.5 Å². The van der Waals surface area contributed by atoms with Gasteiger partial charge in [0.15, 0.2) is 0 Å². The molecule has 2 N–H and O–H groups in total. The summed E-state index contributed by atoms with van der Waals surface area (Å²) in [5.41, 5.74) is 6.98. The molecule has 1 heterocycles. The van der Waals surface area contributed by atoms with Crippen molar-refractivity contribution >= 4 is 29.3 Å². The molecular formula is C11H12N2O2S. The molecule has 0 unspecified atom stereocenters. The molecule has 0 saturated carbocycles. The zero-order valence-electron chi connectivity index (χ0n) is 8.90. The van der Waals surface area contributed by atoms with Crippen LogP contribution in [-0.4, -0.2) is 35.3 Å². The standard InChI is InChI=1S/C11H12N2O2S/c1-16-5-4-13-10(14)8-3-2-7(12)6-9(8)11(13)15/h2-3,6H,4-5,12H2,1H3. The molecule has 0 aliphatic carbocycles. The van der Waals surface area contributed by atoms with Crippen LogP contribution in [-0.2, 0) is 0 Å². The van der Waals surface area contributed by atoms with Crippen LogP contribution < -0.4 is 5.73 Å². The second-order valence-electron chi connectivity index (χ2n) is 3.56. The highest BCUT2D eigenvalue weighted by Crippen LogP contribution is 2.24. The van der Waals surface area contributed by atoms with Gasteiger partial charge >= 0.3 is 0 Å². The Kier molecular flexibility index (Phi) is 2.87. The van der Waals surface area contributed by atoms with Gasteiger partial charge in [0.05, 0.1) is 11.1 Å². The third-order valence-corrected chi connectivity index (χ3v) is 3.10. The number of carbonyl (C=O) groups is 2. The number of nitrogen functional groups attached to an aromatic ring is 1. The highest BCUT2D eigenvalue weighted by atomic mass is 32.2. The number of hydrogen-bond acceptors (Lipinski definition) is 4. The highest BCUT2D eigenvalue weighted by molar-refractivity contribution is 7.98. The number of thioether (sulfide) groups is 1. The van der Waals surface area contributed by atoms with E-state index < -0.39 is 0 Å². The van der Waals surface area contributed by atoms with Crippen LogP contribution in [0.3, 0.4) is 0 Å². The second-order valence-corrected chi connectivity index (χ2v) is 4.55. The first-order chi connectivity index (χ1) is 7.65. The summed E-state index contributed by atoms with van der Waals surface area (Å²) in [6.45, 7) is 0.452. The van der Waals surface area contributed by atoms with E-state index in [9.17, 15) is 9.59 Å². The normalized spacial score (nSPS) is 14.4. The maximum Gasteiger partial charge on any atom is 0.261 e. The molecule has 0 bridgehead atoms. The summed E-state index contributed by atoms with van der Waals surface area (Å²) in [6, 6.07) is 4.82. The predicted octanol–water partition coefficient (Wildman–Crippen LogP) is 1.23. The Morgan fingerprint density at radius 3 is 2.62 bits per heavy atom. The fourth-order valence-electron chi connectivity index (χ4n) is 1.69. The molecule has 1 aromatic carbocycles. The molecule has 0 saturated heterocycles. The van der Waals surface area contributed by atoms with Crippen LogP contribution >= 0.6 is 11.8 Å². The zero-order chi connectivity index (χ0) is 11.7. The number of carbonyl (C=O) groups excluding carboxylic acids is 2. The summed E-state index contributed by atoms with van der Waals surface area (Å²) in [4.78, 5) is 25.1. The number of amides is 2. The number of anilines is 1. The minimum Gasteiger partial charge on any atom is -0.399 e. The van der Waals surface area contributed by atoms with Gasteiger partial charge in [0.1, 0.15) is 0 Å². The lowest BCUT2D eigenvalue weighted by Gasteiger charge is -2.11. The SMILES string of the molecule is CSCCN1C(=O)c2ccc(N)cc2C1=O. The van der Waals surface area contributed by atoms with E-state index in [1.54, 1.807) is 30.0 Å². The summed E-state index contributed by atoms with van der Waals surface area (Å²) < 4.78 is 0. The number of imide groups is 1. The minimum atomic E-state index is -0.235. The van der Waals surface area contributed by atoms with Crippen LogP contribution in [0.5, 0.6) is 0 Å². The smallest absolute Gasteiger partial charge is 0.261 e. The lowest BCUT2D eigenvalue weighted by atomic mass is 10.1. The summed E-state index contributed by atoms with van der Waals surface area (Å²) in [7, 11) is 0. The van der Waals surface area contributed by atoms with Gasteiger partial charge in [-0.05, 0) is 24.5 Å². The molecule has 0 fully saturated rings. The summed E-state index contributed by atoms with van der Waals surface area (Å²) in [6.07, 6.45) is 1.94. The Morgan fingerprint density at radius 2 is 1.94 bits per heavy atom. The summed E-state index contributed by atoms with van der Waals surface area (Å²) >= 11 is 1.60. The molecule has 0 spiro atoms. The molecule has 2 rings (SSSR count). The first-order valence-electron chi connectivity index (χ1n) is 4.90. The Labute approximate surface area is 97.8 Å². The highest BCUT2D eigenvalue weighted by Gasteiger charge is 2.34. The third-order valence-electron chi connectivity index (χ3n) is 2.51. The van der Waals surface area contributed by atoms with Gasteiger partial charge in [-0.2, -0.15) is 11.8 Å². The first-order valence-corrected chi connectivity index (χ1v) is 6.29. The van der Waals surface area contributed by atoms with E-state index in [0.717, 1.165) is 5.75 Å². The van der Waals surface area contributed by atoms with Crippen molar-refractivity contribution in [3.63, 3.8) is 0 Å². The topological polar surface area (TPSA) is 63.4 Å². The van der Waals surface area contributed by atoms with Gasteiger partial charge in [0.25, 0.3) is 11.8 Å². The van der Waals surface area contributed by atoms with Crippen molar-refractivity contribution in [2.45, 2.75) is 0 Å². The van der Waals surface area contributed by atoms with Crippen molar-refractivity contribution in [2.75, 3.05) is 24.3 Å². The monoisotopic (exact) mass is 236 g/mol. The molecule has 1 aliphatic rings. The average molecular weight is 236 g/mol. The van der Waals surface area contributed by atoms with E-state index in [1.165, 1.54) is 4.90 Å². The van der Waals surface area contributed by atoms with Gasteiger partial charge in [0.2, 0.25) is 0 Å². The van der Waals surface area contributed by atoms with Gasteiger partial charge < -0.3 is 5.73 Å². The number of nitrogens with two attached hydrogens (primary N) is 1. The molecule has 16 heavy (non-hydrogen) atoms. The second kappa shape index (κ2) is 4.17. The average Bonchev–Trinajstić information content (AvgIpc) is 2.50. The summed E-state index contributed by atoms with van der Waals surface area (Å²) in [5, 5.41) is 0. The largest absolute Gasteiger partial charge is 0.399 e. The van der Waals surface area contributed by atoms with E-state index >= 15 is 0 Å². The maximum absolute atomic E-state index is 11.9. The van der Waals surface area contributed by atoms with Crippen LogP contribution in [0, 0.1) is 0 Å². The van der Waals surface area contributed by atoms with Crippen molar-refractivity contribution in [1.82, 2.24) is 4.90 Å². The van der Waals surface area contributed by atoms with E-state index in [-0.39, 0.29) is 11.8 Å².